The maximum atomic E-state index is 9.77. The zero-order valence-electron chi connectivity index (χ0n) is 14.8. The summed E-state index contributed by atoms with van der Waals surface area (Å²) in [7, 11) is 0. The Kier molecular flexibility index (Phi) is 4.29. The zero-order valence-corrected chi connectivity index (χ0v) is 15.6. The molecule has 2 N–H and O–H groups in total. The highest BCUT2D eigenvalue weighted by atomic mass is 32.1. The van der Waals surface area contributed by atoms with Crippen LogP contribution in [0.5, 0.6) is 5.88 Å². The molecule has 2 aliphatic rings. The van der Waals surface area contributed by atoms with Gasteiger partial charge in [-0.2, -0.15) is 0 Å². The molecule has 2 aromatic heterocycles. The van der Waals surface area contributed by atoms with E-state index >= 15 is 0 Å². The lowest BCUT2D eigenvalue weighted by molar-refractivity contribution is 0.103. The van der Waals surface area contributed by atoms with E-state index in [1.54, 1.807) is 23.7 Å². The van der Waals surface area contributed by atoms with Crippen LogP contribution in [-0.2, 0) is 0 Å². The second-order valence-corrected chi connectivity index (χ2v) is 8.14. The number of thiazole rings is 1. The van der Waals surface area contributed by atoms with Crippen LogP contribution < -0.4 is 15.0 Å². The smallest absolute Gasteiger partial charge is 0.257 e. The fraction of sp³-hybridized carbons (Fsp3) is 0.421. The van der Waals surface area contributed by atoms with Crippen molar-refractivity contribution in [2.24, 2.45) is 0 Å². The van der Waals surface area contributed by atoms with E-state index in [2.05, 4.69) is 26.3 Å². The lowest BCUT2D eigenvalue weighted by atomic mass is 9.89. The number of aliphatic hydroxyl groups is 1. The Morgan fingerprint density at radius 3 is 2.85 bits per heavy atom. The van der Waals surface area contributed by atoms with E-state index in [-0.39, 0.29) is 12.2 Å². The molecule has 3 aromatic rings. The molecule has 1 atom stereocenters. The molecule has 1 saturated carbocycles. The molecule has 0 bridgehead atoms. The number of β-amino-alcohol motifs (C(OH)–C–C–N with tert-alkyl or cyclic N) is 1. The molecule has 1 aliphatic heterocycles. The molecule has 8 heteroatoms. The third-order valence-corrected chi connectivity index (χ3v) is 6.07. The minimum absolute atomic E-state index is 0.125. The average Bonchev–Trinajstić information content (AvgIpc) is 3.26. The first-order chi connectivity index (χ1) is 13.2. The summed E-state index contributed by atoms with van der Waals surface area (Å²) >= 11 is 1.68. The number of hydrogen-bond acceptors (Lipinski definition) is 8. The van der Waals surface area contributed by atoms with Crippen molar-refractivity contribution < 1.29 is 9.84 Å². The highest BCUT2D eigenvalue weighted by Crippen LogP contribution is 2.34. The highest BCUT2D eigenvalue weighted by molar-refractivity contribution is 7.22. The predicted octanol–water partition coefficient (Wildman–Crippen LogP) is 2.68. The molecular formula is C19H21N5O2S. The van der Waals surface area contributed by atoms with E-state index < -0.39 is 0 Å². The van der Waals surface area contributed by atoms with Crippen molar-refractivity contribution in [2.75, 3.05) is 23.3 Å². The minimum atomic E-state index is -0.300. The van der Waals surface area contributed by atoms with Gasteiger partial charge in [-0.1, -0.05) is 23.5 Å². The van der Waals surface area contributed by atoms with Gasteiger partial charge in [0.1, 0.15) is 6.10 Å². The molecule has 7 nitrogen and oxygen atoms in total. The lowest BCUT2D eigenvalue weighted by Gasteiger charge is -2.35. The summed E-state index contributed by atoms with van der Waals surface area (Å²) in [6, 6.07) is 8.54. The largest absolute Gasteiger partial charge is 0.472 e. The molecule has 1 saturated heterocycles. The third-order valence-electron chi connectivity index (χ3n) is 5.10. The molecular weight excluding hydrogens is 362 g/mol. The Labute approximate surface area is 161 Å². The summed E-state index contributed by atoms with van der Waals surface area (Å²) in [6.07, 6.45) is 5.73. The van der Waals surface area contributed by atoms with Crippen molar-refractivity contribution in [1.29, 1.82) is 0 Å². The fourth-order valence-electron chi connectivity index (χ4n) is 3.60. The van der Waals surface area contributed by atoms with Gasteiger partial charge in [0.15, 0.2) is 10.9 Å². The number of aromatic nitrogens is 3. The monoisotopic (exact) mass is 383 g/mol. The van der Waals surface area contributed by atoms with Gasteiger partial charge in [0, 0.05) is 44.4 Å². The highest BCUT2D eigenvalue weighted by Gasteiger charge is 2.33. The summed E-state index contributed by atoms with van der Waals surface area (Å²) in [5.41, 5.74) is 1.04. The molecule has 1 aromatic carbocycles. The third kappa shape index (κ3) is 3.42. The van der Waals surface area contributed by atoms with Gasteiger partial charge in [0.2, 0.25) is 0 Å². The first kappa shape index (κ1) is 16.7. The van der Waals surface area contributed by atoms with Crippen LogP contribution in [0, 0.1) is 0 Å². The second-order valence-electron chi connectivity index (χ2n) is 7.11. The number of anilines is 2. The van der Waals surface area contributed by atoms with Crippen LogP contribution in [0.4, 0.5) is 10.9 Å². The number of fused-ring (bicyclic) bond motifs is 1. The minimum Gasteiger partial charge on any atom is -0.472 e. The van der Waals surface area contributed by atoms with E-state index in [1.807, 2.05) is 23.1 Å². The molecule has 27 heavy (non-hydrogen) atoms. The molecule has 3 heterocycles. The van der Waals surface area contributed by atoms with Gasteiger partial charge in [-0.05, 0) is 18.6 Å². The number of rotatable bonds is 5. The molecule has 0 spiro atoms. The number of aliphatic hydroxyl groups excluding tert-OH is 1. The van der Waals surface area contributed by atoms with Crippen LogP contribution in [0.25, 0.3) is 10.2 Å². The summed E-state index contributed by atoms with van der Waals surface area (Å²) in [5, 5.41) is 14.2. The zero-order chi connectivity index (χ0) is 18.2. The first-order valence-corrected chi connectivity index (χ1v) is 10.1. The van der Waals surface area contributed by atoms with Crippen LogP contribution >= 0.6 is 11.3 Å². The number of para-hydroxylation sites is 1. The number of nitrogens with zero attached hydrogens (tertiary/aromatic N) is 4. The Bertz CT molecular complexity index is 910. The number of benzene rings is 1. The topological polar surface area (TPSA) is 83.4 Å². The van der Waals surface area contributed by atoms with Gasteiger partial charge < -0.3 is 20.1 Å². The molecule has 0 radical (unpaired) electrons. The Morgan fingerprint density at radius 2 is 2.04 bits per heavy atom. The van der Waals surface area contributed by atoms with E-state index in [0.29, 0.717) is 18.5 Å². The van der Waals surface area contributed by atoms with Gasteiger partial charge >= 0.3 is 0 Å². The van der Waals surface area contributed by atoms with E-state index in [0.717, 1.165) is 42.3 Å². The Balaban J connectivity index is 1.19. The summed E-state index contributed by atoms with van der Waals surface area (Å²) in [5.74, 6) is 1.30. The summed E-state index contributed by atoms with van der Waals surface area (Å²) in [6.45, 7) is 1.37. The molecule has 1 aliphatic carbocycles. The van der Waals surface area contributed by atoms with E-state index in [9.17, 15) is 5.11 Å². The number of nitrogens with one attached hydrogen (secondary N) is 1. The molecule has 2 fully saturated rings. The van der Waals surface area contributed by atoms with E-state index in [1.165, 1.54) is 4.70 Å². The molecule has 0 amide bonds. The normalized spacial score (nSPS) is 24.8. The van der Waals surface area contributed by atoms with Gasteiger partial charge in [0.05, 0.1) is 16.3 Å². The predicted molar refractivity (Wildman–Crippen MR) is 106 cm³/mol. The van der Waals surface area contributed by atoms with Gasteiger partial charge in [-0.3, -0.25) is 0 Å². The van der Waals surface area contributed by atoms with Crippen LogP contribution in [0.2, 0.25) is 0 Å². The maximum absolute atomic E-state index is 9.77. The standard InChI is InChI=1S/C19H21N5O2S/c25-13-5-8-24(11-13)17-18(21-7-6-20-17)26-14-9-12(10-14)22-19-23-15-3-1-2-4-16(15)27-19/h1-4,6-7,12-14,25H,5,8-11H2,(H,22,23)/t12-,13-,14+/m1/s1. The Morgan fingerprint density at radius 1 is 1.19 bits per heavy atom. The van der Waals surface area contributed by atoms with Crippen molar-refractivity contribution in [1.82, 2.24) is 15.0 Å². The van der Waals surface area contributed by atoms with Crippen molar-refractivity contribution in [2.45, 2.75) is 37.5 Å². The van der Waals surface area contributed by atoms with Crippen molar-refractivity contribution >= 4 is 32.5 Å². The molecule has 5 rings (SSSR count). The van der Waals surface area contributed by atoms with E-state index in [4.69, 9.17) is 4.74 Å². The van der Waals surface area contributed by atoms with Gasteiger partial charge in [-0.15, -0.1) is 0 Å². The second kappa shape index (κ2) is 6.94. The SMILES string of the molecule is O[C@@H]1CCN(c2nccnc2O[C@H]2C[C@@H](Nc3nc4ccccc4s3)C2)C1. The summed E-state index contributed by atoms with van der Waals surface area (Å²) in [4.78, 5) is 15.5. The van der Waals surface area contributed by atoms with Crippen molar-refractivity contribution in [3.05, 3.63) is 36.7 Å². The van der Waals surface area contributed by atoms with Crippen molar-refractivity contribution in [3.63, 3.8) is 0 Å². The summed E-state index contributed by atoms with van der Waals surface area (Å²) < 4.78 is 7.30. The van der Waals surface area contributed by atoms with Crippen LogP contribution in [0.1, 0.15) is 19.3 Å². The van der Waals surface area contributed by atoms with Crippen LogP contribution in [-0.4, -0.2) is 51.4 Å². The molecule has 0 unspecified atom stereocenters. The Hall–Kier alpha value is -2.45. The van der Waals surface area contributed by atoms with Crippen molar-refractivity contribution in [3.8, 4) is 5.88 Å². The van der Waals surface area contributed by atoms with Crippen LogP contribution in [0.3, 0.4) is 0 Å². The average molecular weight is 383 g/mol. The van der Waals surface area contributed by atoms with Gasteiger partial charge in [-0.25, -0.2) is 15.0 Å². The van der Waals surface area contributed by atoms with Gasteiger partial charge in [0.25, 0.3) is 5.88 Å². The molecule has 140 valence electrons. The number of hydrogen-bond donors (Lipinski definition) is 2. The number of ether oxygens (including phenoxy) is 1. The van der Waals surface area contributed by atoms with Crippen LogP contribution in [0.15, 0.2) is 36.7 Å². The fourth-order valence-corrected chi connectivity index (χ4v) is 4.54. The quantitative estimate of drug-likeness (QED) is 0.701. The maximum Gasteiger partial charge on any atom is 0.257 e. The first-order valence-electron chi connectivity index (χ1n) is 9.27. The lowest BCUT2D eigenvalue weighted by Crippen LogP contribution is -2.43.